The van der Waals surface area contributed by atoms with Crippen LogP contribution in [0.3, 0.4) is 0 Å². The molecule has 9 atom stereocenters. The fourth-order valence-corrected chi connectivity index (χ4v) is 9.69. The summed E-state index contributed by atoms with van der Waals surface area (Å²) in [6.07, 6.45) is 17.0. The molecular formula is C35H60O2Si. The predicted octanol–water partition coefficient (Wildman–Crippen LogP) is 9.99. The molecule has 4 rings (SSSR count). The Labute approximate surface area is 237 Å². The van der Waals surface area contributed by atoms with E-state index in [9.17, 15) is 0 Å². The molecule has 0 saturated heterocycles. The predicted molar refractivity (Wildman–Crippen MR) is 166 cm³/mol. The Balaban J connectivity index is 1.51. The van der Waals surface area contributed by atoms with Crippen molar-refractivity contribution >= 4 is 8.32 Å². The average Bonchev–Trinajstić information content (AvgIpc) is 3.33. The lowest BCUT2D eigenvalue weighted by Gasteiger charge is -2.44. The maximum atomic E-state index is 6.92. The molecular weight excluding hydrogens is 480 g/mol. The quantitative estimate of drug-likeness (QED) is 0.214. The Morgan fingerprint density at radius 1 is 1.08 bits per heavy atom. The number of methoxy groups -OCH3 is 1. The molecule has 216 valence electrons. The highest BCUT2D eigenvalue weighted by Gasteiger charge is 2.67. The SMILES string of the molecule is C=C1C(O[Si](C)(C)C(C)(C)C)CC2CC12C(C=C1CCCC2(C)C1CCC2[C@@H](C)C=CC(C)C(C)C)OC. The molecule has 0 bridgehead atoms. The molecule has 0 spiro atoms. The van der Waals surface area contributed by atoms with Crippen molar-refractivity contribution in [3.05, 3.63) is 36.0 Å². The zero-order valence-corrected chi connectivity index (χ0v) is 27.8. The van der Waals surface area contributed by atoms with E-state index in [1.54, 1.807) is 5.57 Å². The minimum Gasteiger partial charge on any atom is -0.410 e. The molecule has 2 nitrogen and oxygen atoms in total. The lowest BCUT2D eigenvalue weighted by atomic mass is 9.61. The van der Waals surface area contributed by atoms with Gasteiger partial charge in [-0.3, -0.25) is 0 Å². The van der Waals surface area contributed by atoms with Crippen LogP contribution in [-0.2, 0) is 9.16 Å². The summed E-state index contributed by atoms with van der Waals surface area (Å²) < 4.78 is 13.3. The third-order valence-electron chi connectivity index (χ3n) is 12.5. The van der Waals surface area contributed by atoms with Crippen LogP contribution in [-0.4, -0.2) is 27.6 Å². The molecule has 0 aromatic carbocycles. The monoisotopic (exact) mass is 540 g/mol. The number of fused-ring (bicyclic) bond motifs is 2. The van der Waals surface area contributed by atoms with Crippen LogP contribution in [0.4, 0.5) is 0 Å². The van der Waals surface area contributed by atoms with E-state index in [-0.39, 0.29) is 22.7 Å². The minimum atomic E-state index is -1.83. The molecule has 4 fully saturated rings. The van der Waals surface area contributed by atoms with Gasteiger partial charge in [0.15, 0.2) is 8.32 Å². The first-order valence-corrected chi connectivity index (χ1v) is 18.8. The summed E-state index contributed by atoms with van der Waals surface area (Å²) in [5.74, 6) is 4.18. The third kappa shape index (κ3) is 5.23. The van der Waals surface area contributed by atoms with Crippen molar-refractivity contribution in [2.75, 3.05) is 7.11 Å². The summed E-state index contributed by atoms with van der Waals surface area (Å²) in [5, 5.41) is 0.223. The summed E-state index contributed by atoms with van der Waals surface area (Å²) in [5.41, 5.74) is 3.54. The molecule has 8 unspecified atom stereocenters. The zero-order valence-electron chi connectivity index (χ0n) is 26.8. The standard InChI is InChI=1S/C35H60O2Si/c1-23(2)24(3)15-16-25(4)29-17-18-30-27(14-13-19-34(29,30)9)20-32(36-10)35-22-28(35)21-31(26(35)5)37-38(11,12)33(6,7)8/h15-16,20,23-25,28-32H,5,13-14,17-19,21-22H2,1-4,6-12H3/t24?,25-,28?,29?,30?,31?,32?,34?,35?/m0/s1. The van der Waals surface area contributed by atoms with Gasteiger partial charge >= 0.3 is 0 Å². The number of hydrogen-bond acceptors (Lipinski definition) is 2. The Morgan fingerprint density at radius 3 is 2.37 bits per heavy atom. The lowest BCUT2D eigenvalue weighted by molar-refractivity contribution is 0.0800. The minimum absolute atomic E-state index is 0.101. The van der Waals surface area contributed by atoms with Crippen molar-refractivity contribution in [1.29, 1.82) is 0 Å². The smallest absolute Gasteiger partial charge is 0.192 e. The van der Waals surface area contributed by atoms with Crippen molar-refractivity contribution in [1.82, 2.24) is 0 Å². The molecule has 0 aromatic rings. The Kier molecular flexibility index (Phi) is 8.49. The second-order valence-corrected chi connectivity index (χ2v) is 20.7. The van der Waals surface area contributed by atoms with Gasteiger partial charge in [0.25, 0.3) is 0 Å². The van der Waals surface area contributed by atoms with Crippen molar-refractivity contribution in [3.63, 3.8) is 0 Å². The van der Waals surface area contributed by atoms with Gasteiger partial charge < -0.3 is 9.16 Å². The van der Waals surface area contributed by atoms with E-state index in [1.165, 1.54) is 44.1 Å². The van der Waals surface area contributed by atoms with Gasteiger partial charge in [-0.2, -0.15) is 0 Å². The molecule has 0 aromatic heterocycles. The van der Waals surface area contributed by atoms with Gasteiger partial charge in [-0.1, -0.05) is 85.8 Å². The van der Waals surface area contributed by atoms with Gasteiger partial charge in [0.05, 0.1) is 12.2 Å². The third-order valence-corrected chi connectivity index (χ3v) is 16.9. The van der Waals surface area contributed by atoms with Crippen molar-refractivity contribution in [2.24, 2.45) is 46.3 Å². The fourth-order valence-electron chi connectivity index (χ4n) is 8.39. The first-order chi connectivity index (χ1) is 17.6. The van der Waals surface area contributed by atoms with Gasteiger partial charge in [0.1, 0.15) is 0 Å². The fraction of sp³-hybridized carbons (Fsp3) is 0.829. The van der Waals surface area contributed by atoms with Crippen LogP contribution in [0.1, 0.15) is 100 Å². The van der Waals surface area contributed by atoms with E-state index in [1.807, 2.05) is 7.11 Å². The molecule has 4 aliphatic rings. The topological polar surface area (TPSA) is 18.5 Å². The number of allylic oxidation sites excluding steroid dienone is 3. The molecule has 0 radical (unpaired) electrons. The normalized spacial score (nSPS) is 39.1. The average molecular weight is 541 g/mol. The van der Waals surface area contributed by atoms with Crippen LogP contribution < -0.4 is 0 Å². The number of hydrogen-bond donors (Lipinski definition) is 0. The van der Waals surface area contributed by atoms with Gasteiger partial charge in [0, 0.05) is 12.5 Å². The number of ether oxygens (including phenoxy) is 1. The van der Waals surface area contributed by atoms with E-state index in [0.717, 1.165) is 12.3 Å². The molecule has 4 aliphatic carbocycles. The second-order valence-electron chi connectivity index (χ2n) is 15.9. The Hall–Kier alpha value is -0.643. The summed E-state index contributed by atoms with van der Waals surface area (Å²) in [6.45, 7) is 28.6. The maximum Gasteiger partial charge on any atom is 0.192 e. The number of rotatable bonds is 9. The van der Waals surface area contributed by atoms with Gasteiger partial charge in [0.2, 0.25) is 0 Å². The molecule has 0 amide bonds. The van der Waals surface area contributed by atoms with E-state index < -0.39 is 8.32 Å². The van der Waals surface area contributed by atoms with Crippen LogP contribution in [0.2, 0.25) is 18.1 Å². The van der Waals surface area contributed by atoms with E-state index in [0.29, 0.717) is 35.0 Å². The first kappa shape index (κ1) is 30.3. The van der Waals surface area contributed by atoms with Crippen molar-refractivity contribution in [3.8, 4) is 0 Å². The maximum absolute atomic E-state index is 6.92. The van der Waals surface area contributed by atoms with Crippen molar-refractivity contribution < 1.29 is 9.16 Å². The Bertz CT molecular complexity index is 938. The van der Waals surface area contributed by atoms with E-state index >= 15 is 0 Å². The summed E-state index contributed by atoms with van der Waals surface area (Å²) in [6, 6.07) is 0. The van der Waals surface area contributed by atoms with E-state index in [2.05, 4.69) is 86.7 Å². The lowest BCUT2D eigenvalue weighted by Crippen LogP contribution is -2.44. The summed E-state index contributed by atoms with van der Waals surface area (Å²) in [7, 11) is 0.104. The van der Waals surface area contributed by atoms with Crippen LogP contribution in [0.25, 0.3) is 0 Å². The first-order valence-electron chi connectivity index (χ1n) is 15.9. The Morgan fingerprint density at radius 2 is 1.76 bits per heavy atom. The van der Waals surface area contributed by atoms with Crippen LogP contribution in [0.15, 0.2) is 36.0 Å². The zero-order chi connectivity index (χ0) is 28.3. The van der Waals surface area contributed by atoms with Crippen LogP contribution in [0, 0.1) is 46.3 Å². The highest BCUT2D eigenvalue weighted by Crippen LogP contribution is 2.70. The molecule has 0 N–H and O–H groups in total. The van der Waals surface area contributed by atoms with Crippen LogP contribution in [0.5, 0.6) is 0 Å². The molecule has 0 aliphatic heterocycles. The second kappa shape index (κ2) is 10.6. The van der Waals surface area contributed by atoms with Gasteiger partial charge in [-0.25, -0.2) is 0 Å². The molecule has 4 saturated carbocycles. The highest BCUT2D eigenvalue weighted by atomic mass is 28.4. The van der Waals surface area contributed by atoms with Crippen LogP contribution >= 0.6 is 0 Å². The van der Waals surface area contributed by atoms with Gasteiger partial charge in [-0.05, 0) is 110 Å². The van der Waals surface area contributed by atoms with Crippen molar-refractivity contribution in [2.45, 2.75) is 131 Å². The van der Waals surface area contributed by atoms with Gasteiger partial charge in [-0.15, -0.1) is 0 Å². The molecule has 38 heavy (non-hydrogen) atoms. The molecule has 0 heterocycles. The van der Waals surface area contributed by atoms with E-state index in [4.69, 9.17) is 15.7 Å². The summed E-state index contributed by atoms with van der Waals surface area (Å²) in [4.78, 5) is 0. The highest BCUT2D eigenvalue weighted by molar-refractivity contribution is 6.74. The summed E-state index contributed by atoms with van der Waals surface area (Å²) >= 11 is 0. The molecule has 3 heteroatoms. The largest absolute Gasteiger partial charge is 0.410 e.